The van der Waals surface area contributed by atoms with Gasteiger partial charge in [0.1, 0.15) is 0 Å². The van der Waals surface area contributed by atoms with Gasteiger partial charge in [-0.25, -0.2) is 0 Å². The molecule has 0 unspecified atom stereocenters. The van der Waals surface area contributed by atoms with Gasteiger partial charge in [-0.3, -0.25) is 0 Å². The Morgan fingerprint density at radius 1 is 0.545 bits per heavy atom. The average Bonchev–Trinajstić information content (AvgIpc) is 2.77. The zero-order chi connectivity index (χ0) is 25.0. The smallest absolute Gasteiger partial charge is 0.0783 e. The number of hydrogen-bond acceptors (Lipinski definition) is 2. The van der Waals surface area contributed by atoms with E-state index in [1.54, 1.807) is 0 Å². The minimum Gasteiger partial charge on any atom is -0.550 e. The summed E-state index contributed by atoms with van der Waals surface area (Å²) in [5.74, 6) is -0.914. The van der Waals surface area contributed by atoms with E-state index in [2.05, 4.69) is 46.8 Å². The van der Waals surface area contributed by atoms with E-state index in [0.717, 1.165) is 19.3 Å². The lowest BCUT2D eigenvalue weighted by molar-refractivity contribution is -0.928. The molecular weight excluding hydrogens is 406 g/mol. The van der Waals surface area contributed by atoms with Gasteiger partial charge in [-0.15, -0.1) is 0 Å². The van der Waals surface area contributed by atoms with Crippen molar-refractivity contribution >= 4 is 5.97 Å². The number of carbonyl (C=O) groups excluding carboxylic acids is 1. The number of carboxylic acid groups (broad SMARTS) is 1. The first-order chi connectivity index (χ1) is 16.0. The summed E-state index contributed by atoms with van der Waals surface area (Å²) < 4.78 is 1.38. The van der Waals surface area contributed by atoms with Gasteiger partial charge in [-0.1, -0.05) is 98.1 Å². The van der Waals surface area contributed by atoms with Gasteiger partial charge in [0.2, 0.25) is 0 Å². The van der Waals surface area contributed by atoms with E-state index in [1.165, 1.54) is 121 Å². The predicted molar refractivity (Wildman–Crippen MR) is 145 cm³/mol. The Hall–Kier alpha value is -0.830. The number of carboxylic acids is 1. The van der Waals surface area contributed by atoms with Crippen molar-refractivity contribution < 1.29 is 14.4 Å². The zero-order valence-electron chi connectivity index (χ0n) is 23.5. The van der Waals surface area contributed by atoms with Gasteiger partial charge in [0.25, 0.3) is 0 Å². The van der Waals surface area contributed by atoms with Crippen molar-refractivity contribution in [1.29, 1.82) is 0 Å². The summed E-state index contributed by atoms with van der Waals surface area (Å²) in [6.45, 7) is 17.0. The molecule has 0 heterocycles. The molecule has 0 N–H and O–H groups in total. The highest BCUT2D eigenvalue weighted by Gasteiger charge is 2.22. The summed E-state index contributed by atoms with van der Waals surface area (Å²) in [4.78, 5) is 10.2. The summed E-state index contributed by atoms with van der Waals surface area (Å²) in [7, 11) is 0. The van der Waals surface area contributed by atoms with Crippen molar-refractivity contribution in [3.8, 4) is 0 Å². The molecule has 0 aromatic carbocycles. The lowest BCUT2D eigenvalue weighted by Crippen LogP contribution is -2.50. The first-order valence-corrected chi connectivity index (χ1v) is 14.7. The van der Waals surface area contributed by atoms with E-state index >= 15 is 0 Å². The predicted octanol–water partition coefficient (Wildman–Crippen LogP) is 8.22. The third-order valence-corrected chi connectivity index (χ3v) is 6.43. The summed E-state index contributed by atoms with van der Waals surface area (Å²) in [6, 6.07) is 0. The van der Waals surface area contributed by atoms with Crippen LogP contribution in [0.2, 0.25) is 0 Å². The molecule has 0 bridgehead atoms. The molecule has 0 aliphatic heterocycles. The minimum atomic E-state index is -0.914. The second kappa shape index (κ2) is 27.4. The highest BCUT2D eigenvalue weighted by Crippen LogP contribution is 2.13. The molecular formula is C30H61NO2. The van der Waals surface area contributed by atoms with E-state index in [4.69, 9.17) is 0 Å². The second-order valence-corrected chi connectivity index (χ2v) is 9.94. The van der Waals surface area contributed by atoms with Crippen molar-refractivity contribution in [3.63, 3.8) is 0 Å². The molecule has 0 atom stereocenters. The summed E-state index contributed by atoms with van der Waals surface area (Å²) in [6.07, 6.45) is 26.2. The highest BCUT2D eigenvalue weighted by molar-refractivity contribution is 5.64. The zero-order valence-corrected chi connectivity index (χ0v) is 23.5. The second-order valence-electron chi connectivity index (χ2n) is 9.94. The van der Waals surface area contributed by atoms with E-state index in [-0.39, 0.29) is 6.42 Å². The molecule has 0 saturated heterocycles. The van der Waals surface area contributed by atoms with Crippen LogP contribution in [0.5, 0.6) is 0 Å². The van der Waals surface area contributed by atoms with Crippen LogP contribution in [-0.2, 0) is 4.79 Å². The third kappa shape index (κ3) is 25.6. The molecule has 33 heavy (non-hydrogen) atoms. The molecule has 0 amide bonds. The number of aliphatic carboxylic acids is 1. The maximum Gasteiger partial charge on any atom is 0.0783 e. The van der Waals surface area contributed by atoms with Gasteiger partial charge >= 0.3 is 0 Å². The Morgan fingerprint density at radius 2 is 0.909 bits per heavy atom. The number of hydrogen-bond donors (Lipinski definition) is 0. The molecule has 0 aromatic heterocycles. The largest absolute Gasteiger partial charge is 0.550 e. The molecule has 0 spiro atoms. The lowest BCUT2D eigenvalue weighted by Gasteiger charge is -2.38. The summed E-state index contributed by atoms with van der Waals surface area (Å²) in [5, 5.41) is 10.2. The maximum atomic E-state index is 10.2. The Bertz CT molecular complexity index is 390. The monoisotopic (exact) mass is 467 g/mol. The van der Waals surface area contributed by atoms with Crippen LogP contribution in [-0.4, -0.2) is 36.6 Å². The third-order valence-electron chi connectivity index (χ3n) is 6.43. The number of rotatable bonds is 23. The van der Waals surface area contributed by atoms with Gasteiger partial charge in [-0.2, -0.15) is 0 Å². The van der Waals surface area contributed by atoms with Gasteiger partial charge in [0, 0.05) is 5.97 Å². The normalized spacial score (nSPS) is 11.5. The number of allylic oxidation sites excluding steroid dienone is 2. The Labute approximate surface area is 209 Å². The van der Waals surface area contributed by atoms with Crippen LogP contribution < -0.4 is 5.11 Å². The molecule has 0 aromatic rings. The van der Waals surface area contributed by atoms with Crippen molar-refractivity contribution in [2.24, 2.45) is 0 Å². The fraction of sp³-hybridized carbons (Fsp3) is 0.900. The van der Waals surface area contributed by atoms with Crippen molar-refractivity contribution in [2.75, 3.05) is 26.2 Å². The van der Waals surface area contributed by atoms with Crippen LogP contribution in [0.25, 0.3) is 0 Å². The van der Waals surface area contributed by atoms with E-state index < -0.39 is 5.97 Å². The van der Waals surface area contributed by atoms with Crippen molar-refractivity contribution in [2.45, 2.75) is 150 Å². The molecule has 198 valence electrons. The lowest BCUT2D eigenvalue weighted by atomic mass is 10.1. The first kappa shape index (κ1) is 34.3. The van der Waals surface area contributed by atoms with Crippen LogP contribution >= 0.6 is 0 Å². The molecule has 0 aliphatic carbocycles. The average molecular weight is 468 g/mol. The standard InChI is InChI=1S/C18H34O2.C12H28N/c1-2-3-4-5-6-7-8-9-10-11-12-13-14-15-16-17-18(19)20;1-5-9-13(10-6-2,11-7-3)12-8-4/h9-10H,2-8,11-17H2,1H3,(H,19,20);5-12H2,1-4H3/q;+1/p-1. The number of unbranched alkanes of at least 4 members (excludes halogenated alkanes) is 11. The molecule has 0 fully saturated rings. The molecule has 0 radical (unpaired) electrons. The van der Waals surface area contributed by atoms with Crippen LogP contribution in [0, 0.1) is 0 Å². The molecule has 3 nitrogen and oxygen atoms in total. The maximum absolute atomic E-state index is 10.2. The van der Waals surface area contributed by atoms with E-state index in [0.29, 0.717) is 0 Å². The van der Waals surface area contributed by atoms with Crippen molar-refractivity contribution in [1.82, 2.24) is 0 Å². The van der Waals surface area contributed by atoms with Crippen LogP contribution in [0.1, 0.15) is 150 Å². The van der Waals surface area contributed by atoms with Gasteiger partial charge in [-0.05, 0) is 64.2 Å². The molecule has 3 heteroatoms. The first-order valence-electron chi connectivity index (χ1n) is 14.7. The Morgan fingerprint density at radius 3 is 1.27 bits per heavy atom. The molecule has 0 saturated carbocycles. The summed E-state index contributed by atoms with van der Waals surface area (Å²) in [5.41, 5.74) is 0. The van der Waals surface area contributed by atoms with Gasteiger partial charge < -0.3 is 14.4 Å². The molecule has 0 aliphatic rings. The Balaban J connectivity index is 0. The minimum absolute atomic E-state index is 0.220. The van der Waals surface area contributed by atoms with E-state index in [1.807, 2.05) is 0 Å². The summed E-state index contributed by atoms with van der Waals surface area (Å²) >= 11 is 0. The SMILES string of the molecule is CCCCCCCCC=CCCCCCCCC(=O)[O-].CCC[N+](CCC)(CCC)CCC. The molecule has 0 rings (SSSR count). The van der Waals surface area contributed by atoms with Crippen LogP contribution in [0.4, 0.5) is 0 Å². The van der Waals surface area contributed by atoms with Crippen LogP contribution in [0.15, 0.2) is 12.2 Å². The van der Waals surface area contributed by atoms with Gasteiger partial charge in [0.05, 0.1) is 26.2 Å². The van der Waals surface area contributed by atoms with Gasteiger partial charge in [0.15, 0.2) is 0 Å². The van der Waals surface area contributed by atoms with Crippen molar-refractivity contribution in [3.05, 3.63) is 12.2 Å². The number of carbonyl (C=O) groups is 1. The number of quaternary nitrogens is 1. The Kier molecular flexibility index (Phi) is 28.5. The van der Waals surface area contributed by atoms with E-state index in [9.17, 15) is 9.90 Å². The number of nitrogens with zero attached hydrogens (tertiary/aromatic N) is 1. The highest BCUT2D eigenvalue weighted by atomic mass is 16.4. The fourth-order valence-electron chi connectivity index (χ4n) is 4.91. The topological polar surface area (TPSA) is 40.1 Å². The fourth-order valence-corrected chi connectivity index (χ4v) is 4.91. The van der Waals surface area contributed by atoms with Crippen LogP contribution in [0.3, 0.4) is 0 Å². The quantitative estimate of drug-likeness (QED) is 0.0862.